The first-order valence-corrected chi connectivity index (χ1v) is 5.94. The van der Waals surface area contributed by atoms with Gasteiger partial charge in [-0.1, -0.05) is 23.4 Å². The van der Waals surface area contributed by atoms with Gasteiger partial charge in [-0.3, -0.25) is 4.98 Å². The molecule has 2 aromatic rings. The Morgan fingerprint density at radius 1 is 1.38 bits per heavy atom. The smallest absolute Gasteiger partial charge is 0.0837 e. The molecule has 16 heavy (non-hydrogen) atoms. The van der Waals surface area contributed by atoms with Crippen molar-refractivity contribution in [1.29, 1.82) is 0 Å². The fourth-order valence-corrected chi connectivity index (χ4v) is 2.31. The van der Waals surface area contributed by atoms with Crippen molar-refractivity contribution in [3.05, 3.63) is 36.5 Å². The first-order valence-electron chi connectivity index (χ1n) is 4.95. The SMILES string of the molecule is CC(CSc1cccc2cccnc12)=NO. The number of hydrogen-bond donors (Lipinski definition) is 1. The highest BCUT2D eigenvalue weighted by Gasteiger charge is 2.02. The molecule has 4 heteroatoms. The zero-order valence-corrected chi connectivity index (χ0v) is 9.74. The number of fused-ring (bicyclic) bond motifs is 1. The largest absolute Gasteiger partial charge is 0.411 e. The van der Waals surface area contributed by atoms with Crippen molar-refractivity contribution in [2.24, 2.45) is 5.16 Å². The first-order chi connectivity index (χ1) is 7.81. The molecule has 0 saturated heterocycles. The quantitative estimate of drug-likeness (QED) is 0.382. The molecule has 0 aliphatic heterocycles. The Morgan fingerprint density at radius 2 is 2.19 bits per heavy atom. The molecule has 0 radical (unpaired) electrons. The average molecular weight is 232 g/mol. The predicted octanol–water partition coefficient (Wildman–Crippen LogP) is 3.18. The molecular weight excluding hydrogens is 220 g/mol. The second kappa shape index (κ2) is 4.99. The zero-order valence-electron chi connectivity index (χ0n) is 8.92. The number of aromatic nitrogens is 1. The second-order valence-electron chi connectivity index (χ2n) is 3.46. The third-order valence-corrected chi connectivity index (χ3v) is 3.41. The molecule has 0 amide bonds. The summed E-state index contributed by atoms with van der Waals surface area (Å²) in [6, 6.07) is 10.1. The molecule has 0 aliphatic rings. The number of thioether (sulfide) groups is 1. The molecule has 0 fully saturated rings. The Kier molecular flexibility index (Phi) is 3.41. The van der Waals surface area contributed by atoms with Crippen LogP contribution in [0, 0.1) is 0 Å². The maximum Gasteiger partial charge on any atom is 0.0837 e. The van der Waals surface area contributed by atoms with Crippen molar-refractivity contribution >= 4 is 28.4 Å². The summed E-state index contributed by atoms with van der Waals surface area (Å²) in [5.41, 5.74) is 1.71. The summed E-state index contributed by atoms with van der Waals surface area (Å²) in [6.07, 6.45) is 1.79. The van der Waals surface area contributed by atoms with Crippen LogP contribution in [0.1, 0.15) is 6.92 Å². The molecule has 0 unspecified atom stereocenters. The van der Waals surface area contributed by atoms with Crippen molar-refractivity contribution in [3.63, 3.8) is 0 Å². The molecule has 1 N–H and O–H groups in total. The number of oxime groups is 1. The van der Waals surface area contributed by atoms with E-state index in [1.165, 1.54) is 0 Å². The summed E-state index contributed by atoms with van der Waals surface area (Å²) in [4.78, 5) is 5.47. The van der Waals surface area contributed by atoms with Crippen molar-refractivity contribution in [2.75, 3.05) is 5.75 Å². The Labute approximate surface area is 98.2 Å². The van der Waals surface area contributed by atoms with Gasteiger partial charge in [-0.05, 0) is 19.1 Å². The number of rotatable bonds is 3. The highest BCUT2D eigenvalue weighted by atomic mass is 32.2. The van der Waals surface area contributed by atoms with Gasteiger partial charge in [0.1, 0.15) is 0 Å². The van der Waals surface area contributed by atoms with Crippen LogP contribution in [0.2, 0.25) is 0 Å². The molecule has 0 atom stereocenters. The van der Waals surface area contributed by atoms with Crippen LogP contribution in [-0.4, -0.2) is 21.7 Å². The van der Waals surface area contributed by atoms with E-state index in [4.69, 9.17) is 5.21 Å². The number of hydrogen-bond acceptors (Lipinski definition) is 4. The van der Waals surface area contributed by atoms with E-state index in [1.54, 1.807) is 24.9 Å². The molecular formula is C12H12N2OS. The molecule has 1 aromatic carbocycles. The normalized spacial score (nSPS) is 11.9. The summed E-state index contributed by atoms with van der Waals surface area (Å²) in [5.74, 6) is 0.673. The highest BCUT2D eigenvalue weighted by molar-refractivity contribution is 8.00. The molecule has 1 aromatic heterocycles. The lowest BCUT2D eigenvalue weighted by Crippen LogP contribution is -1.95. The van der Waals surface area contributed by atoms with E-state index < -0.39 is 0 Å². The van der Waals surface area contributed by atoms with Gasteiger partial charge in [-0.15, -0.1) is 11.8 Å². The van der Waals surface area contributed by atoms with Crippen molar-refractivity contribution in [2.45, 2.75) is 11.8 Å². The summed E-state index contributed by atoms with van der Waals surface area (Å²) in [6.45, 7) is 1.80. The minimum Gasteiger partial charge on any atom is -0.411 e. The first kappa shape index (κ1) is 11.0. The average Bonchev–Trinajstić information content (AvgIpc) is 2.35. The minimum absolute atomic E-state index is 0.673. The molecule has 0 bridgehead atoms. The molecule has 82 valence electrons. The fraction of sp³-hybridized carbons (Fsp3) is 0.167. The molecule has 1 heterocycles. The van der Waals surface area contributed by atoms with Gasteiger partial charge in [0.2, 0.25) is 0 Å². The number of pyridine rings is 1. The van der Waals surface area contributed by atoms with Crippen LogP contribution in [0.25, 0.3) is 10.9 Å². The monoisotopic (exact) mass is 232 g/mol. The maximum atomic E-state index is 8.59. The van der Waals surface area contributed by atoms with E-state index in [0.717, 1.165) is 15.8 Å². The van der Waals surface area contributed by atoms with E-state index in [0.29, 0.717) is 11.5 Å². The topological polar surface area (TPSA) is 45.5 Å². The van der Waals surface area contributed by atoms with Gasteiger partial charge in [0.25, 0.3) is 0 Å². The standard InChI is InChI=1S/C12H12N2OS/c1-9(14-15)8-16-11-6-2-4-10-5-3-7-13-12(10)11/h2-7,15H,8H2,1H3. The summed E-state index contributed by atoms with van der Waals surface area (Å²) < 4.78 is 0. The van der Waals surface area contributed by atoms with Gasteiger partial charge in [-0.2, -0.15) is 0 Å². The zero-order chi connectivity index (χ0) is 11.4. The van der Waals surface area contributed by atoms with E-state index in [2.05, 4.69) is 10.1 Å². The van der Waals surface area contributed by atoms with Gasteiger partial charge in [-0.25, -0.2) is 0 Å². The van der Waals surface area contributed by atoms with Crippen LogP contribution < -0.4 is 0 Å². The summed E-state index contributed by atoms with van der Waals surface area (Å²) >= 11 is 1.63. The second-order valence-corrected chi connectivity index (χ2v) is 4.47. The van der Waals surface area contributed by atoms with E-state index in [-0.39, 0.29) is 0 Å². The van der Waals surface area contributed by atoms with Gasteiger partial charge in [0.15, 0.2) is 0 Å². The lowest BCUT2D eigenvalue weighted by Gasteiger charge is -2.04. The van der Waals surface area contributed by atoms with Crippen LogP contribution in [0.3, 0.4) is 0 Å². The highest BCUT2D eigenvalue weighted by Crippen LogP contribution is 2.25. The Balaban J connectivity index is 2.30. The predicted molar refractivity (Wildman–Crippen MR) is 67.4 cm³/mol. The summed E-state index contributed by atoms with van der Waals surface area (Å²) in [7, 11) is 0. The van der Waals surface area contributed by atoms with E-state index in [1.807, 2.05) is 30.3 Å². The van der Waals surface area contributed by atoms with E-state index in [9.17, 15) is 0 Å². The Bertz CT molecular complexity index is 520. The third kappa shape index (κ3) is 2.33. The molecule has 0 saturated carbocycles. The maximum absolute atomic E-state index is 8.59. The lowest BCUT2D eigenvalue weighted by atomic mass is 10.2. The molecule has 2 rings (SSSR count). The Hall–Kier alpha value is -1.55. The lowest BCUT2D eigenvalue weighted by molar-refractivity contribution is 0.318. The van der Waals surface area contributed by atoms with Crippen LogP contribution in [0.5, 0.6) is 0 Å². The van der Waals surface area contributed by atoms with Gasteiger partial charge < -0.3 is 5.21 Å². The van der Waals surface area contributed by atoms with Crippen LogP contribution >= 0.6 is 11.8 Å². The fourth-order valence-electron chi connectivity index (χ4n) is 1.40. The van der Waals surface area contributed by atoms with Crippen LogP contribution in [0.4, 0.5) is 0 Å². The number of nitrogens with zero attached hydrogens (tertiary/aromatic N) is 2. The van der Waals surface area contributed by atoms with Gasteiger partial charge in [0, 0.05) is 22.2 Å². The van der Waals surface area contributed by atoms with Crippen LogP contribution in [0.15, 0.2) is 46.6 Å². The van der Waals surface area contributed by atoms with Gasteiger partial charge in [0.05, 0.1) is 11.2 Å². The third-order valence-electron chi connectivity index (χ3n) is 2.20. The number of para-hydroxylation sites is 1. The minimum atomic E-state index is 0.673. The molecule has 0 spiro atoms. The number of benzene rings is 1. The van der Waals surface area contributed by atoms with E-state index >= 15 is 0 Å². The van der Waals surface area contributed by atoms with Crippen molar-refractivity contribution in [3.8, 4) is 0 Å². The molecule has 3 nitrogen and oxygen atoms in total. The van der Waals surface area contributed by atoms with Crippen molar-refractivity contribution in [1.82, 2.24) is 4.98 Å². The van der Waals surface area contributed by atoms with Crippen LogP contribution in [-0.2, 0) is 0 Å². The summed E-state index contributed by atoms with van der Waals surface area (Å²) in [5, 5.41) is 12.9. The van der Waals surface area contributed by atoms with Gasteiger partial charge >= 0.3 is 0 Å². The van der Waals surface area contributed by atoms with Crippen molar-refractivity contribution < 1.29 is 5.21 Å². The molecule has 0 aliphatic carbocycles. The Morgan fingerprint density at radius 3 is 3.00 bits per heavy atom.